The second kappa shape index (κ2) is 12.8. The maximum absolute atomic E-state index is 13.1. The Labute approximate surface area is 236 Å². The molecular formula is C34H36N2O4. The van der Waals surface area contributed by atoms with Crippen molar-refractivity contribution in [1.29, 1.82) is 0 Å². The normalized spacial score (nSPS) is 12.2. The van der Waals surface area contributed by atoms with Crippen LogP contribution in [0.4, 0.5) is 0 Å². The number of ether oxygens (including phenoxy) is 1. The molecule has 0 aliphatic rings. The molecule has 0 bridgehead atoms. The summed E-state index contributed by atoms with van der Waals surface area (Å²) in [6.07, 6.45) is 6.32. The lowest BCUT2D eigenvalue weighted by atomic mass is 9.99. The number of carbonyl (C=O) groups is 2. The number of aromatic nitrogens is 1. The van der Waals surface area contributed by atoms with Crippen molar-refractivity contribution in [3.63, 3.8) is 0 Å². The lowest BCUT2D eigenvalue weighted by molar-refractivity contribution is -0.132. The number of carboxylic acid groups (broad SMARTS) is 1. The van der Waals surface area contributed by atoms with Crippen molar-refractivity contribution in [1.82, 2.24) is 9.88 Å². The van der Waals surface area contributed by atoms with Crippen LogP contribution in [0.15, 0.2) is 115 Å². The Balaban J connectivity index is 1.77. The molecular weight excluding hydrogens is 500 g/mol. The minimum absolute atomic E-state index is 0.0383. The Morgan fingerprint density at radius 3 is 2.35 bits per heavy atom. The molecule has 0 fully saturated rings. The zero-order valence-corrected chi connectivity index (χ0v) is 23.6. The van der Waals surface area contributed by atoms with E-state index in [1.165, 1.54) is 12.2 Å². The van der Waals surface area contributed by atoms with Gasteiger partial charge in [0.15, 0.2) is 0 Å². The summed E-state index contributed by atoms with van der Waals surface area (Å²) in [7, 11) is 1.62. The summed E-state index contributed by atoms with van der Waals surface area (Å²) in [5, 5.41) is 13.5. The molecule has 1 aromatic heterocycles. The van der Waals surface area contributed by atoms with Gasteiger partial charge in [-0.25, -0.2) is 4.79 Å². The van der Waals surface area contributed by atoms with Gasteiger partial charge >= 0.3 is 5.97 Å². The summed E-state index contributed by atoms with van der Waals surface area (Å²) < 4.78 is 7.36. The molecule has 2 N–H and O–H groups in total. The smallest absolute Gasteiger partial charge is 0.336 e. The zero-order valence-electron chi connectivity index (χ0n) is 23.6. The third-order valence-electron chi connectivity index (χ3n) is 6.97. The zero-order chi connectivity index (χ0) is 29.6. The number of carbonyl (C=O) groups excluding carboxylic acids is 1. The molecule has 2 aromatic carbocycles. The van der Waals surface area contributed by atoms with Crippen molar-refractivity contribution < 1.29 is 19.4 Å². The molecule has 40 heavy (non-hydrogen) atoms. The molecule has 1 heterocycles. The molecule has 3 aromatic rings. The molecule has 1 atom stereocenters. The summed E-state index contributed by atoms with van der Waals surface area (Å²) in [6.45, 7) is 22.1. The SMILES string of the molecule is C=C/C=C(\C(=C)C(=C)/C=C\C(=C)Cn1c(C)c(C)c2cc(C(=O)NC(C)c3ccc(OC)cc3)ccc21)C(=O)O. The fourth-order valence-electron chi connectivity index (χ4n) is 4.42. The predicted molar refractivity (Wildman–Crippen MR) is 163 cm³/mol. The fourth-order valence-corrected chi connectivity index (χ4v) is 4.42. The van der Waals surface area contributed by atoms with Gasteiger partial charge in [0.25, 0.3) is 5.91 Å². The van der Waals surface area contributed by atoms with E-state index in [-0.39, 0.29) is 17.5 Å². The Bertz CT molecular complexity index is 1570. The first-order valence-corrected chi connectivity index (χ1v) is 12.8. The van der Waals surface area contributed by atoms with Gasteiger partial charge in [0.1, 0.15) is 5.75 Å². The second-order valence-electron chi connectivity index (χ2n) is 9.61. The summed E-state index contributed by atoms with van der Waals surface area (Å²) >= 11 is 0. The Hall–Kier alpha value is -4.84. The van der Waals surface area contributed by atoms with E-state index in [2.05, 4.69) is 36.2 Å². The number of nitrogens with zero attached hydrogens (tertiary/aromatic N) is 1. The number of fused-ring (bicyclic) bond motifs is 1. The van der Waals surface area contributed by atoms with Gasteiger partial charge in [0.05, 0.1) is 18.7 Å². The summed E-state index contributed by atoms with van der Waals surface area (Å²) in [5.74, 6) is -0.469. The highest BCUT2D eigenvalue weighted by Gasteiger charge is 2.17. The molecule has 0 saturated heterocycles. The van der Waals surface area contributed by atoms with Gasteiger partial charge in [-0.15, -0.1) is 0 Å². The Morgan fingerprint density at radius 1 is 1.07 bits per heavy atom. The summed E-state index contributed by atoms with van der Waals surface area (Å²) in [4.78, 5) is 24.6. The average Bonchev–Trinajstić information content (AvgIpc) is 3.18. The monoisotopic (exact) mass is 536 g/mol. The largest absolute Gasteiger partial charge is 0.497 e. The van der Waals surface area contributed by atoms with Crippen LogP contribution in [0.25, 0.3) is 10.9 Å². The number of nitrogens with one attached hydrogen (secondary N) is 1. The maximum atomic E-state index is 13.1. The van der Waals surface area contributed by atoms with Crippen molar-refractivity contribution in [2.24, 2.45) is 0 Å². The van der Waals surface area contributed by atoms with Gasteiger partial charge in [-0.3, -0.25) is 4.79 Å². The van der Waals surface area contributed by atoms with Crippen molar-refractivity contribution >= 4 is 22.8 Å². The third-order valence-corrected chi connectivity index (χ3v) is 6.97. The summed E-state index contributed by atoms with van der Waals surface area (Å²) in [5.41, 5.74) is 6.34. The maximum Gasteiger partial charge on any atom is 0.336 e. The second-order valence-corrected chi connectivity index (χ2v) is 9.61. The molecule has 3 rings (SSSR count). The Morgan fingerprint density at radius 2 is 1.75 bits per heavy atom. The average molecular weight is 537 g/mol. The number of hydrogen-bond donors (Lipinski definition) is 2. The molecule has 0 aliphatic carbocycles. The van der Waals surface area contributed by atoms with Crippen LogP contribution in [-0.4, -0.2) is 28.7 Å². The highest BCUT2D eigenvalue weighted by Crippen LogP contribution is 2.28. The number of carboxylic acids is 1. The highest BCUT2D eigenvalue weighted by atomic mass is 16.5. The van der Waals surface area contributed by atoms with Crippen molar-refractivity contribution in [2.75, 3.05) is 7.11 Å². The van der Waals surface area contributed by atoms with Gasteiger partial charge < -0.3 is 19.7 Å². The van der Waals surface area contributed by atoms with Crippen LogP contribution in [0, 0.1) is 13.8 Å². The van der Waals surface area contributed by atoms with Crippen molar-refractivity contribution in [2.45, 2.75) is 33.4 Å². The van der Waals surface area contributed by atoms with E-state index >= 15 is 0 Å². The number of aryl methyl sites for hydroxylation is 1. The molecule has 0 spiro atoms. The van der Waals surface area contributed by atoms with E-state index < -0.39 is 5.97 Å². The van der Waals surface area contributed by atoms with Crippen LogP contribution < -0.4 is 10.1 Å². The van der Waals surface area contributed by atoms with Crippen LogP contribution in [-0.2, 0) is 11.3 Å². The summed E-state index contributed by atoms with van der Waals surface area (Å²) in [6, 6.07) is 13.2. The van der Waals surface area contributed by atoms with Crippen LogP contribution in [0.1, 0.15) is 40.1 Å². The molecule has 1 unspecified atom stereocenters. The molecule has 0 aliphatic heterocycles. The number of allylic oxidation sites excluding steroid dienone is 6. The van der Waals surface area contributed by atoms with E-state index in [1.807, 2.05) is 69.3 Å². The number of hydrogen-bond acceptors (Lipinski definition) is 3. The molecule has 6 nitrogen and oxygen atoms in total. The number of rotatable bonds is 12. The number of aliphatic carboxylic acids is 1. The molecule has 206 valence electrons. The topological polar surface area (TPSA) is 80.6 Å². The van der Waals surface area contributed by atoms with Crippen molar-refractivity contribution in [3.8, 4) is 5.75 Å². The van der Waals surface area contributed by atoms with Crippen LogP contribution >= 0.6 is 0 Å². The molecule has 1 amide bonds. The first-order chi connectivity index (χ1) is 19.0. The first kappa shape index (κ1) is 29.7. The van der Waals surface area contributed by atoms with E-state index in [0.717, 1.165) is 39.0 Å². The molecule has 0 radical (unpaired) electrons. The van der Waals surface area contributed by atoms with E-state index in [0.29, 0.717) is 23.3 Å². The Kier molecular flexibility index (Phi) is 9.51. The lowest BCUT2D eigenvalue weighted by Gasteiger charge is -2.15. The molecule has 6 heteroatoms. The van der Waals surface area contributed by atoms with Crippen LogP contribution in [0.2, 0.25) is 0 Å². The third kappa shape index (κ3) is 6.59. The van der Waals surface area contributed by atoms with Gasteiger partial charge in [-0.2, -0.15) is 0 Å². The first-order valence-electron chi connectivity index (χ1n) is 12.8. The fraction of sp³-hybridized carbons (Fsp3) is 0.176. The number of amides is 1. The van der Waals surface area contributed by atoms with Gasteiger partial charge in [-0.1, -0.05) is 56.7 Å². The van der Waals surface area contributed by atoms with Crippen LogP contribution in [0.3, 0.4) is 0 Å². The highest BCUT2D eigenvalue weighted by molar-refractivity contribution is 5.99. The van der Waals surface area contributed by atoms with Crippen molar-refractivity contribution in [3.05, 3.63) is 138 Å². The van der Waals surface area contributed by atoms with Gasteiger partial charge in [0.2, 0.25) is 0 Å². The predicted octanol–water partition coefficient (Wildman–Crippen LogP) is 7.18. The lowest BCUT2D eigenvalue weighted by Crippen LogP contribution is -2.26. The standard InChI is InChI=1S/C34H36N2O4/c1-9-10-30(34(38)39)23(4)22(3)12-11-21(2)20-36-26(7)24(5)31-19-28(15-18-32(31)36)33(37)35-25(6)27-13-16-29(40-8)17-14-27/h9-19,25H,1-4,20H2,5-8H3,(H,35,37)(H,38,39)/b12-11-,30-10+. The van der Waals surface area contributed by atoms with Gasteiger partial charge in [0, 0.05) is 28.7 Å². The number of methoxy groups -OCH3 is 1. The minimum Gasteiger partial charge on any atom is -0.497 e. The van der Waals surface area contributed by atoms with E-state index in [9.17, 15) is 14.7 Å². The van der Waals surface area contributed by atoms with Gasteiger partial charge in [-0.05, 0) is 85.0 Å². The molecule has 0 saturated carbocycles. The minimum atomic E-state index is -1.09. The number of benzene rings is 2. The van der Waals surface area contributed by atoms with Crippen LogP contribution in [0.5, 0.6) is 5.75 Å². The van der Waals surface area contributed by atoms with E-state index in [1.54, 1.807) is 13.2 Å². The van der Waals surface area contributed by atoms with E-state index in [4.69, 9.17) is 4.74 Å². The quantitative estimate of drug-likeness (QED) is 0.190.